The van der Waals surface area contributed by atoms with E-state index in [0.717, 1.165) is 69.1 Å². The average Bonchev–Trinajstić information content (AvgIpc) is 3.38. The highest BCUT2D eigenvalue weighted by Gasteiger charge is 2.40. The first kappa shape index (κ1) is 63.7. The Bertz CT molecular complexity index is 2370. The molecule has 5 heterocycles. The largest absolute Gasteiger partial charge is 0.467 e. The molecule has 0 saturated carbocycles. The molecule has 0 bridgehead atoms. The van der Waals surface area contributed by atoms with Crippen LogP contribution in [0.25, 0.3) is 0 Å². The maximum absolute atomic E-state index is 11.6. The summed E-state index contributed by atoms with van der Waals surface area (Å²) in [6.45, 7) is 24.1. The number of aliphatic hydroxyl groups is 1. The van der Waals surface area contributed by atoms with Gasteiger partial charge in [-0.15, -0.1) is 0 Å². The standard InChI is InChI=1S/C14H21NO.C14H18O2.C14H20O2.C14H18O2.C13H16O3/c1-11-8-13(15)10-14(2,16-11)9-12-6-4-3-5-7-12;1-11-9-12(2)16-14(3,15-11)10-13-7-5-4-6-8-13;2*1-11-8-13(15)10-14(2,16-11)9-12-6-4-3-5-7-12;1-10-8-12(14)16-13(2,15-10)9-11-6-4-3-5-7-11/h3-7,11,13H,8-10,15H2,1-2H3;4-8,12H,1,9-10H2,2-3H3;3-7,11,13,15H,8-10H2,1-2H3;3-7,11H,8-10H2,1-2H3;3-7,10H,8-9H2,1-2H3. The van der Waals surface area contributed by atoms with Gasteiger partial charge in [0.05, 0.1) is 65.6 Å². The number of rotatable bonds is 10. The van der Waals surface area contributed by atoms with Gasteiger partial charge in [-0.3, -0.25) is 9.59 Å². The van der Waals surface area contributed by atoms with Crippen molar-refractivity contribution in [2.24, 2.45) is 5.73 Å². The van der Waals surface area contributed by atoms with Gasteiger partial charge in [0.25, 0.3) is 0 Å². The summed E-state index contributed by atoms with van der Waals surface area (Å²) in [4.78, 5) is 23.0. The van der Waals surface area contributed by atoms with Crippen molar-refractivity contribution in [2.45, 2.75) is 224 Å². The molecular weight excluding hydrogens is 1000 g/mol. The second-order valence-corrected chi connectivity index (χ2v) is 24.3. The second-order valence-electron chi connectivity index (χ2n) is 24.3. The highest BCUT2D eigenvalue weighted by Crippen LogP contribution is 2.35. The molecule has 12 atom stereocenters. The Morgan fingerprint density at radius 3 is 1.19 bits per heavy atom. The molecule has 10 rings (SSSR count). The lowest BCUT2D eigenvalue weighted by Gasteiger charge is -2.40. The molecule has 5 aliphatic heterocycles. The molecule has 5 aliphatic rings. The summed E-state index contributed by atoms with van der Waals surface area (Å²) in [5.74, 6) is -0.446. The first-order chi connectivity index (χ1) is 37.9. The predicted octanol–water partition coefficient (Wildman–Crippen LogP) is 13.4. The number of aliphatic hydroxyl groups excluding tert-OH is 1. The van der Waals surface area contributed by atoms with Crippen LogP contribution in [0.1, 0.15) is 148 Å². The molecule has 0 radical (unpaired) electrons. The van der Waals surface area contributed by atoms with Gasteiger partial charge < -0.3 is 44.0 Å². The minimum Gasteiger partial charge on any atom is -0.467 e. The van der Waals surface area contributed by atoms with Crippen LogP contribution in [0.2, 0.25) is 0 Å². The molecule has 0 aliphatic carbocycles. The number of nitrogens with two attached hydrogens (primary N) is 1. The third-order valence-electron chi connectivity index (χ3n) is 14.7. The predicted molar refractivity (Wildman–Crippen MR) is 318 cm³/mol. The van der Waals surface area contributed by atoms with Crippen LogP contribution in [0, 0.1) is 0 Å². The van der Waals surface area contributed by atoms with Crippen LogP contribution in [0.15, 0.2) is 164 Å². The van der Waals surface area contributed by atoms with Gasteiger partial charge in [-0.1, -0.05) is 158 Å². The first-order valence-electron chi connectivity index (χ1n) is 29.0. The number of hydrogen-bond donors (Lipinski definition) is 2. The summed E-state index contributed by atoms with van der Waals surface area (Å²) in [5, 5.41) is 9.81. The van der Waals surface area contributed by atoms with Crippen molar-refractivity contribution in [1.82, 2.24) is 0 Å². The van der Waals surface area contributed by atoms with Crippen molar-refractivity contribution in [1.29, 1.82) is 0 Å². The van der Waals surface area contributed by atoms with Crippen LogP contribution in [0.3, 0.4) is 0 Å². The number of ketones is 1. The van der Waals surface area contributed by atoms with E-state index in [1.807, 2.05) is 133 Å². The van der Waals surface area contributed by atoms with Crippen molar-refractivity contribution >= 4 is 11.8 Å². The monoisotopic (exact) mass is 1100 g/mol. The molecule has 434 valence electrons. The van der Waals surface area contributed by atoms with Gasteiger partial charge in [-0.05, 0) is 102 Å². The molecular formula is C69H93NO10. The van der Waals surface area contributed by atoms with Gasteiger partial charge in [0.15, 0.2) is 0 Å². The fourth-order valence-electron chi connectivity index (χ4n) is 12.2. The topological polar surface area (TPSA) is 145 Å². The maximum atomic E-state index is 11.6. The smallest absolute Gasteiger partial charge is 0.310 e. The lowest BCUT2D eigenvalue weighted by molar-refractivity contribution is -0.262. The van der Waals surface area contributed by atoms with E-state index in [0.29, 0.717) is 31.5 Å². The Labute approximate surface area is 478 Å². The second kappa shape index (κ2) is 29.5. The Balaban J connectivity index is 0.000000161. The molecule has 12 unspecified atom stereocenters. The number of benzene rings is 5. The molecule has 5 saturated heterocycles. The van der Waals surface area contributed by atoms with E-state index in [2.05, 4.69) is 94.9 Å². The SMILES string of the molecule is C=C1CC(C)OC(C)(Cc2ccccc2)O1.CC1CC(=O)CC(C)(Cc2ccccc2)O1.CC1CC(=O)OC(C)(Cc2ccccc2)O1.CC1CC(N)CC(C)(Cc2ccccc2)O1.CC1CC(O)CC(C)(Cc2ccccc2)O1. The molecule has 5 aromatic rings. The van der Waals surface area contributed by atoms with E-state index in [1.165, 1.54) is 22.3 Å². The van der Waals surface area contributed by atoms with E-state index < -0.39 is 11.6 Å². The minimum atomic E-state index is -0.823. The van der Waals surface area contributed by atoms with Crippen LogP contribution >= 0.6 is 0 Å². The number of esters is 1. The Morgan fingerprint density at radius 1 is 0.450 bits per heavy atom. The minimum absolute atomic E-state index is 0.0509. The number of hydrogen-bond acceptors (Lipinski definition) is 11. The molecule has 80 heavy (non-hydrogen) atoms. The Kier molecular flexibility index (Phi) is 23.5. The number of Topliss-reactive ketones (excluding diaryl/α,β-unsaturated/α-hetero) is 1. The van der Waals surface area contributed by atoms with Crippen molar-refractivity contribution < 1.29 is 47.9 Å². The van der Waals surface area contributed by atoms with E-state index in [-0.39, 0.29) is 65.4 Å². The summed E-state index contributed by atoms with van der Waals surface area (Å²) >= 11 is 0. The molecule has 5 fully saturated rings. The van der Waals surface area contributed by atoms with Gasteiger partial charge >= 0.3 is 5.97 Å². The molecule has 3 N–H and O–H groups in total. The van der Waals surface area contributed by atoms with Gasteiger partial charge in [-0.2, -0.15) is 0 Å². The van der Waals surface area contributed by atoms with Crippen molar-refractivity contribution in [2.75, 3.05) is 0 Å². The quantitative estimate of drug-likeness (QED) is 0.129. The highest BCUT2D eigenvalue weighted by molar-refractivity contribution is 5.80. The molecule has 11 heteroatoms. The van der Waals surface area contributed by atoms with Gasteiger partial charge in [0.2, 0.25) is 11.6 Å². The highest BCUT2D eigenvalue weighted by atomic mass is 16.7. The van der Waals surface area contributed by atoms with E-state index in [1.54, 1.807) is 0 Å². The van der Waals surface area contributed by atoms with E-state index >= 15 is 0 Å². The van der Waals surface area contributed by atoms with Crippen LogP contribution in [-0.4, -0.2) is 87.9 Å². The van der Waals surface area contributed by atoms with E-state index in [9.17, 15) is 14.7 Å². The van der Waals surface area contributed by atoms with Crippen LogP contribution in [0.4, 0.5) is 0 Å². The van der Waals surface area contributed by atoms with Gasteiger partial charge in [0.1, 0.15) is 5.78 Å². The lowest BCUT2D eigenvalue weighted by Crippen LogP contribution is -2.47. The first-order valence-corrected chi connectivity index (χ1v) is 29.0. The van der Waals surface area contributed by atoms with Crippen LogP contribution in [0.5, 0.6) is 0 Å². The number of ether oxygens (including phenoxy) is 7. The van der Waals surface area contributed by atoms with Gasteiger partial charge in [0, 0.05) is 77.7 Å². The average molecular weight is 1100 g/mol. The normalized spacial score (nSPS) is 32.0. The zero-order valence-electron chi connectivity index (χ0n) is 49.6. The Hall–Kier alpha value is -5.50. The zero-order chi connectivity index (χ0) is 58.0. The number of carbonyl (C=O) groups excluding carboxylic acids is 2. The molecule has 0 amide bonds. The Morgan fingerprint density at radius 2 is 0.800 bits per heavy atom. The number of carbonyl (C=O) groups is 2. The maximum Gasteiger partial charge on any atom is 0.310 e. The van der Waals surface area contributed by atoms with Crippen molar-refractivity contribution in [3.63, 3.8) is 0 Å². The van der Waals surface area contributed by atoms with E-state index in [4.69, 9.17) is 38.9 Å². The lowest BCUT2D eigenvalue weighted by atomic mass is 9.85. The third-order valence-corrected chi connectivity index (χ3v) is 14.7. The van der Waals surface area contributed by atoms with Gasteiger partial charge in [-0.25, -0.2) is 0 Å². The zero-order valence-corrected chi connectivity index (χ0v) is 49.6. The molecule has 5 aromatic carbocycles. The molecule has 11 nitrogen and oxygen atoms in total. The fraction of sp³-hybridized carbons (Fsp3) is 0.507. The molecule has 0 spiro atoms. The summed E-state index contributed by atoms with van der Waals surface area (Å²) in [6, 6.07) is 51.4. The van der Waals surface area contributed by atoms with Crippen molar-refractivity contribution in [3.05, 3.63) is 192 Å². The third kappa shape index (κ3) is 22.1. The summed E-state index contributed by atoms with van der Waals surface area (Å²) in [6.07, 6.45) is 9.94. The summed E-state index contributed by atoms with van der Waals surface area (Å²) < 4.78 is 40.6. The number of cyclic esters (lactones) is 1. The van der Waals surface area contributed by atoms with Crippen LogP contribution < -0.4 is 5.73 Å². The summed E-state index contributed by atoms with van der Waals surface area (Å²) in [5.41, 5.74) is 11.6. The van der Waals surface area contributed by atoms with Crippen molar-refractivity contribution in [3.8, 4) is 0 Å². The van der Waals surface area contributed by atoms with Crippen LogP contribution in [-0.2, 0) is 74.9 Å². The fourth-order valence-corrected chi connectivity index (χ4v) is 12.2. The molecule has 0 aromatic heterocycles. The summed E-state index contributed by atoms with van der Waals surface area (Å²) in [7, 11) is 0.